The Hall–Kier alpha value is -1.59. The van der Waals surface area contributed by atoms with Crippen molar-refractivity contribution in [1.82, 2.24) is 14.7 Å². The molecule has 0 N–H and O–H groups in total. The average Bonchev–Trinajstić information content (AvgIpc) is 3.45. The first kappa shape index (κ1) is 22.2. The van der Waals surface area contributed by atoms with E-state index in [2.05, 4.69) is 14.7 Å². The molecule has 0 aromatic heterocycles. The van der Waals surface area contributed by atoms with Crippen LogP contribution in [0.5, 0.6) is 5.75 Å². The Labute approximate surface area is 194 Å². The molecule has 3 saturated heterocycles. The van der Waals surface area contributed by atoms with Crippen LogP contribution < -0.4 is 4.74 Å². The van der Waals surface area contributed by atoms with E-state index in [1.54, 1.807) is 0 Å². The maximum absolute atomic E-state index is 13.3. The van der Waals surface area contributed by atoms with Gasteiger partial charge in [-0.3, -0.25) is 9.69 Å². The second-order valence-corrected chi connectivity index (χ2v) is 10.5. The molecule has 3 unspecified atom stereocenters. The minimum absolute atomic E-state index is 0.186. The number of fused-ring (bicyclic) bond motifs is 1. The van der Waals surface area contributed by atoms with Crippen LogP contribution in [0.1, 0.15) is 74.6 Å². The summed E-state index contributed by atoms with van der Waals surface area (Å²) in [6.45, 7) is 7.67. The number of amides is 1. The van der Waals surface area contributed by atoms with Gasteiger partial charge in [0.1, 0.15) is 5.75 Å². The number of hydrogen-bond acceptors (Lipinski definition) is 4. The molecule has 3 atom stereocenters. The van der Waals surface area contributed by atoms with E-state index in [0.29, 0.717) is 0 Å². The van der Waals surface area contributed by atoms with E-state index in [4.69, 9.17) is 4.74 Å². The van der Waals surface area contributed by atoms with Gasteiger partial charge in [-0.15, -0.1) is 0 Å². The van der Waals surface area contributed by atoms with Crippen molar-refractivity contribution in [3.05, 3.63) is 29.8 Å². The van der Waals surface area contributed by atoms with Crippen molar-refractivity contribution in [2.75, 3.05) is 45.9 Å². The topological polar surface area (TPSA) is 36.0 Å². The second-order valence-electron chi connectivity index (χ2n) is 10.5. The first-order valence-corrected chi connectivity index (χ1v) is 13.3. The van der Waals surface area contributed by atoms with Gasteiger partial charge < -0.3 is 14.5 Å². The summed E-state index contributed by atoms with van der Waals surface area (Å²) in [5.74, 6) is 3.00. The maximum Gasteiger partial charge on any atom is 0.255 e. The van der Waals surface area contributed by atoms with Gasteiger partial charge in [0.15, 0.2) is 0 Å². The Morgan fingerprint density at radius 2 is 1.56 bits per heavy atom. The van der Waals surface area contributed by atoms with Crippen LogP contribution in [0.15, 0.2) is 24.3 Å². The lowest BCUT2D eigenvalue weighted by atomic mass is 10.0. The number of likely N-dealkylation sites (tertiary alicyclic amines) is 3. The van der Waals surface area contributed by atoms with Crippen LogP contribution in [0, 0.1) is 11.8 Å². The normalized spacial score (nSPS) is 29.2. The lowest BCUT2D eigenvalue weighted by molar-refractivity contribution is 0.00666. The summed E-state index contributed by atoms with van der Waals surface area (Å²) in [4.78, 5) is 20.6. The third-order valence-electron chi connectivity index (χ3n) is 8.33. The standard InChI is InChI=1S/C27H41N3O2/c31-27(30-18-5-2-10-26(30)29-16-3-1-4-17-29)22-11-13-25(14-12-22)32-19-7-15-28-20-23-8-6-9-24(23)21-28/h11-14,23-24,26H,1-10,15-21H2. The molecular formula is C27H41N3O2. The fourth-order valence-corrected chi connectivity index (χ4v) is 6.60. The van der Waals surface area contributed by atoms with Crippen molar-refractivity contribution >= 4 is 5.91 Å². The molecule has 1 aromatic carbocycles. The van der Waals surface area contributed by atoms with Gasteiger partial charge >= 0.3 is 0 Å². The predicted octanol–water partition coefficient (Wildman–Crippen LogP) is 4.63. The molecule has 5 nitrogen and oxygen atoms in total. The fourth-order valence-electron chi connectivity index (χ4n) is 6.60. The van der Waals surface area contributed by atoms with Crippen molar-refractivity contribution in [3.63, 3.8) is 0 Å². The number of rotatable bonds is 7. The van der Waals surface area contributed by atoms with Crippen LogP contribution in [0.4, 0.5) is 0 Å². The Bertz CT molecular complexity index is 734. The molecule has 1 saturated carbocycles. The molecule has 3 aliphatic heterocycles. The number of nitrogens with zero attached hydrogens (tertiary/aromatic N) is 3. The molecule has 0 bridgehead atoms. The van der Waals surface area contributed by atoms with E-state index < -0.39 is 0 Å². The van der Waals surface area contributed by atoms with Crippen LogP contribution in [0.25, 0.3) is 0 Å². The minimum atomic E-state index is 0.186. The summed E-state index contributed by atoms with van der Waals surface area (Å²) in [7, 11) is 0. The van der Waals surface area contributed by atoms with Crippen LogP contribution in [-0.2, 0) is 0 Å². The summed E-state index contributed by atoms with van der Waals surface area (Å²) >= 11 is 0. The van der Waals surface area contributed by atoms with Gasteiger partial charge in [0, 0.05) is 44.8 Å². The number of hydrogen-bond donors (Lipinski definition) is 0. The second kappa shape index (κ2) is 10.6. The zero-order valence-electron chi connectivity index (χ0n) is 19.7. The monoisotopic (exact) mass is 439 g/mol. The molecule has 4 aliphatic rings. The van der Waals surface area contributed by atoms with E-state index in [1.807, 2.05) is 24.3 Å². The summed E-state index contributed by atoms with van der Waals surface area (Å²) in [5, 5.41) is 0. The molecule has 3 heterocycles. The smallest absolute Gasteiger partial charge is 0.255 e. The van der Waals surface area contributed by atoms with Crippen molar-refractivity contribution in [3.8, 4) is 5.75 Å². The number of carbonyl (C=O) groups excluding carboxylic acids is 1. The first-order valence-electron chi connectivity index (χ1n) is 13.3. The number of benzene rings is 1. The zero-order chi connectivity index (χ0) is 21.8. The third kappa shape index (κ3) is 5.14. The number of ether oxygens (including phenoxy) is 1. The molecule has 32 heavy (non-hydrogen) atoms. The van der Waals surface area contributed by atoms with Gasteiger partial charge in [-0.05, 0) is 87.5 Å². The van der Waals surface area contributed by atoms with Gasteiger partial charge in [-0.1, -0.05) is 12.8 Å². The SMILES string of the molecule is O=C(c1ccc(OCCCN2CC3CCCC3C2)cc1)N1CCCCC1N1CCCCC1. The Balaban J connectivity index is 1.09. The largest absolute Gasteiger partial charge is 0.494 e. The molecule has 1 aliphatic carbocycles. The molecular weight excluding hydrogens is 398 g/mol. The summed E-state index contributed by atoms with van der Waals surface area (Å²) in [5.41, 5.74) is 0.796. The third-order valence-corrected chi connectivity index (χ3v) is 8.33. The van der Waals surface area contributed by atoms with Crippen molar-refractivity contribution in [2.24, 2.45) is 11.8 Å². The van der Waals surface area contributed by atoms with Gasteiger partial charge in [-0.25, -0.2) is 0 Å². The molecule has 4 fully saturated rings. The van der Waals surface area contributed by atoms with E-state index in [0.717, 1.165) is 75.2 Å². The van der Waals surface area contributed by atoms with Crippen LogP contribution >= 0.6 is 0 Å². The lowest BCUT2D eigenvalue weighted by Gasteiger charge is -2.44. The van der Waals surface area contributed by atoms with Crippen LogP contribution in [0.3, 0.4) is 0 Å². The molecule has 5 heteroatoms. The van der Waals surface area contributed by atoms with Gasteiger partial charge in [-0.2, -0.15) is 0 Å². The molecule has 1 amide bonds. The Kier molecular flexibility index (Phi) is 7.33. The van der Waals surface area contributed by atoms with Crippen molar-refractivity contribution in [2.45, 2.75) is 70.4 Å². The highest BCUT2D eigenvalue weighted by molar-refractivity contribution is 5.94. The highest BCUT2D eigenvalue weighted by atomic mass is 16.5. The molecule has 0 spiro atoms. The number of piperidine rings is 2. The van der Waals surface area contributed by atoms with Crippen LogP contribution in [-0.4, -0.2) is 72.6 Å². The summed E-state index contributed by atoms with van der Waals surface area (Å²) < 4.78 is 6.00. The predicted molar refractivity (Wildman–Crippen MR) is 128 cm³/mol. The zero-order valence-corrected chi connectivity index (χ0v) is 19.7. The highest BCUT2D eigenvalue weighted by Crippen LogP contribution is 2.37. The maximum atomic E-state index is 13.3. The molecule has 1 aromatic rings. The summed E-state index contributed by atoms with van der Waals surface area (Å²) in [6, 6.07) is 7.88. The fraction of sp³-hybridized carbons (Fsp3) is 0.741. The first-order chi connectivity index (χ1) is 15.8. The van der Waals surface area contributed by atoms with E-state index in [-0.39, 0.29) is 12.1 Å². The minimum Gasteiger partial charge on any atom is -0.494 e. The molecule has 5 rings (SSSR count). The van der Waals surface area contributed by atoms with E-state index in [9.17, 15) is 4.79 Å². The lowest BCUT2D eigenvalue weighted by Crippen LogP contribution is -2.54. The number of carbonyl (C=O) groups is 1. The van der Waals surface area contributed by atoms with Crippen molar-refractivity contribution < 1.29 is 9.53 Å². The van der Waals surface area contributed by atoms with E-state index in [1.165, 1.54) is 58.0 Å². The van der Waals surface area contributed by atoms with E-state index >= 15 is 0 Å². The van der Waals surface area contributed by atoms with Gasteiger partial charge in [0.05, 0.1) is 12.8 Å². The highest BCUT2D eigenvalue weighted by Gasteiger charge is 2.35. The van der Waals surface area contributed by atoms with Crippen molar-refractivity contribution in [1.29, 1.82) is 0 Å². The molecule has 0 radical (unpaired) electrons. The quantitative estimate of drug-likeness (QED) is 0.581. The van der Waals surface area contributed by atoms with Gasteiger partial charge in [0.2, 0.25) is 0 Å². The average molecular weight is 440 g/mol. The Morgan fingerprint density at radius 3 is 2.31 bits per heavy atom. The Morgan fingerprint density at radius 1 is 0.844 bits per heavy atom. The molecule has 176 valence electrons. The van der Waals surface area contributed by atoms with Gasteiger partial charge in [0.25, 0.3) is 5.91 Å². The van der Waals surface area contributed by atoms with Crippen LogP contribution in [0.2, 0.25) is 0 Å². The summed E-state index contributed by atoms with van der Waals surface area (Å²) in [6.07, 6.45) is 13.0.